The minimum absolute atomic E-state index is 0.186. The summed E-state index contributed by atoms with van der Waals surface area (Å²) in [5.41, 5.74) is 2.92. The van der Waals surface area contributed by atoms with Crippen molar-refractivity contribution in [3.8, 4) is 22.3 Å². The van der Waals surface area contributed by atoms with E-state index in [0.717, 1.165) is 21.9 Å². The first-order valence-corrected chi connectivity index (χ1v) is 15.9. The summed E-state index contributed by atoms with van der Waals surface area (Å²) in [6.45, 7) is 0. The molecule has 0 saturated heterocycles. The highest BCUT2D eigenvalue weighted by atomic mass is 16.3. The minimum Gasteiger partial charge on any atom is -0.456 e. The lowest BCUT2D eigenvalue weighted by Gasteiger charge is -2.23. The van der Waals surface area contributed by atoms with E-state index in [1.807, 2.05) is 97.1 Å². The highest BCUT2D eigenvalue weighted by Crippen LogP contribution is 2.38. The Morgan fingerprint density at radius 2 is 1.18 bits per heavy atom. The Labute approximate surface area is 303 Å². The molecule has 0 bridgehead atoms. The number of nitrogens with zero attached hydrogens (tertiary/aromatic N) is 2. The monoisotopic (exact) mass is 654 g/mol. The molecule has 1 aliphatic heterocycles. The fourth-order valence-electron chi connectivity index (χ4n) is 6.36. The molecule has 236 valence electrons. The Bertz CT molecular complexity index is 3420. The minimum atomic E-state index is -1.36. The SMILES string of the molecule is [2H]c1c([2H])c(-c2c([2H])c([2H])c([2H])c3oc4c([2H])c([2H])c([2H])c([2H])c4c23)c([2H])c(C2N=C(c3ccc(-c4ccccc4)cc3)NC(c3ccc4c(c3)oc3ccccc34)=N2)c1[2H]. The largest absolute Gasteiger partial charge is 0.456 e. The third kappa shape index (κ3) is 4.79. The molecular weight excluding hydrogens is 615 g/mol. The van der Waals surface area contributed by atoms with E-state index in [1.165, 1.54) is 0 Å². The van der Waals surface area contributed by atoms with Crippen molar-refractivity contribution in [2.24, 2.45) is 9.98 Å². The summed E-state index contributed by atoms with van der Waals surface area (Å²) in [6.07, 6.45) is -1.36. The van der Waals surface area contributed by atoms with Crippen LogP contribution in [0.4, 0.5) is 0 Å². The van der Waals surface area contributed by atoms with Crippen LogP contribution in [0.1, 0.15) is 37.9 Å². The van der Waals surface area contributed by atoms with Gasteiger partial charge in [-0.1, -0.05) is 127 Å². The van der Waals surface area contributed by atoms with Gasteiger partial charge in [-0.2, -0.15) is 0 Å². The average Bonchev–Trinajstić information content (AvgIpc) is 3.87. The highest BCUT2D eigenvalue weighted by molar-refractivity contribution is 6.17. The van der Waals surface area contributed by atoms with Crippen LogP contribution in [0.25, 0.3) is 66.1 Å². The molecule has 1 unspecified atom stereocenters. The lowest BCUT2D eigenvalue weighted by Crippen LogP contribution is -2.36. The Morgan fingerprint density at radius 1 is 0.500 bits per heavy atom. The fourth-order valence-corrected chi connectivity index (χ4v) is 6.36. The smallest absolute Gasteiger partial charge is 0.169 e. The number of hydrogen-bond donors (Lipinski definition) is 1. The number of para-hydroxylation sites is 2. The normalized spacial score (nSPS) is 17.7. The lowest BCUT2D eigenvalue weighted by molar-refractivity contribution is 0.668. The van der Waals surface area contributed by atoms with E-state index in [2.05, 4.69) is 5.32 Å². The molecule has 7 aromatic carbocycles. The first kappa shape index (κ1) is 19.3. The molecule has 0 spiro atoms. The number of fused-ring (bicyclic) bond motifs is 6. The van der Waals surface area contributed by atoms with Crippen molar-refractivity contribution in [1.82, 2.24) is 5.32 Å². The number of nitrogens with one attached hydrogen (secondary N) is 1. The van der Waals surface area contributed by atoms with Crippen LogP contribution in [0.2, 0.25) is 0 Å². The van der Waals surface area contributed by atoms with Gasteiger partial charge in [-0.15, -0.1) is 0 Å². The molecule has 1 N–H and O–H groups in total. The quantitative estimate of drug-likeness (QED) is 0.201. The van der Waals surface area contributed by atoms with Gasteiger partial charge in [0.25, 0.3) is 0 Å². The molecule has 0 amide bonds. The van der Waals surface area contributed by atoms with Gasteiger partial charge in [-0.05, 0) is 64.1 Å². The summed E-state index contributed by atoms with van der Waals surface area (Å²) < 4.78 is 109. The number of rotatable bonds is 5. The van der Waals surface area contributed by atoms with Gasteiger partial charge in [0.2, 0.25) is 0 Å². The van der Waals surface area contributed by atoms with E-state index in [0.29, 0.717) is 34.0 Å². The van der Waals surface area contributed by atoms with Crippen molar-refractivity contribution in [2.75, 3.05) is 0 Å². The van der Waals surface area contributed by atoms with Gasteiger partial charge >= 0.3 is 0 Å². The van der Waals surface area contributed by atoms with Crippen molar-refractivity contribution in [2.45, 2.75) is 6.17 Å². The Hall–Kier alpha value is -6.72. The number of hydrogen-bond acceptors (Lipinski definition) is 5. The van der Waals surface area contributed by atoms with Crippen LogP contribution in [0.15, 0.2) is 182 Å². The summed E-state index contributed by atoms with van der Waals surface area (Å²) in [4.78, 5) is 9.82. The summed E-state index contributed by atoms with van der Waals surface area (Å²) in [7, 11) is 0. The van der Waals surface area contributed by atoms with Crippen LogP contribution in [0, 0.1) is 0 Å². The van der Waals surface area contributed by atoms with Gasteiger partial charge in [0, 0.05) is 32.7 Å². The van der Waals surface area contributed by atoms with Gasteiger partial charge in [-0.25, -0.2) is 9.98 Å². The van der Waals surface area contributed by atoms with Crippen molar-refractivity contribution >= 4 is 55.5 Å². The summed E-state index contributed by atoms with van der Waals surface area (Å²) in [5, 5.41) is 4.76. The third-order valence-corrected chi connectivity index (χ3v) is 8.76. The van der Waals surface area contributed by atoms with Crippen molar-refractivity contribution in [1.29, 1.82) is 0 Å². The Balaban J connectivity index is 1.22. The maximum Gasteiger partial charge on any atom is 0.169 e. The van der Waals surface area contributed by atoms with E-state index in [9.17, 15) is 2.74 Å². The van der Waals surface area contributed by atoms with Crippen molar-refractivity contribution < 1.29 is 23.9 Å². The predicted octanol–water partition coefficient (Wildman–Crippen LogP) is 11.3. The van der Waals surface area contributed by atoms with Gasteiger partial charge in [0.15, 0.2) is 6.17 Å². The standard InChI is InChI=1S/C45H29N3O2/c1-2-10-28(11-3-1)29-20-22-30(23-21-29)43-46-44(48-45(47-43)33-24-25-36-35-14-4-6-17-38(35)50-41(36)27-33)32-13-8-12-31(26-32)34-16-9-19-40-42(34)37-15-5-7-18-39(37)49-40/h1-27,44H,(H,46,47,48)/i5D,7D,8D,9D,12D,13D,15D,16D,18D,19D,26D. The first-order valence-electron chi connectivity index (χ1n) is 21.4. The lowest BCUT2D eigenvalue weighted by atomic mass is 9.97. The zero-order valence-electron chi connectivity index (χ0n) is 37.0. The zero-order chi connectivity index (χ0) is 42.6. The maximum atomic E-state index is 9.69. The van der Waals surface area contributed by atoms with Crippen LogP contribution in [-0.4, -0.2) is 11.7 Å². The van der Waals surface area contributed by atoms with Crippen LogP contribution >= 0.6 is 0 Å². The number of benzene rings is 7. The van der Waals surface area contributed by atoms with E-state index >= 15 is 0 Å². The molecule has 1 aliphatic rings. The summed E-state index contributed by atoms with van der Waals surface area (Å²) >= 11 is 0. The van der Waals surface area contributed by atoms with Crippen molar-refractivity contribution in [3.63, 3.8) is 0 Å². The Kier molecular flexibility index (Phi) is 4.43. The highest BCUT2D eigenvalue weighted by Gasteiger charge is 2.23. The molecule has 10 rings (SSSR count). The van der Waals surface area contributed by atoms with Crippen LogP contribution < -0.4 is 5.32 Å². The molecule has 5 nitrogen and oxygen atoms in total. The van der Waals surface area contributed by atoms with E-state index in [4.69, 9.17) is 31.2 Å². The van der Waals surface area contributed by atoms with Crippen LogP contribution in [0.5, 0.6) is 0 Å². The molecular formula is C45H29N3O2. The van der Waals surface area contributed by atoms with E-state index in [1.54, 1.807) is 0 Å². The first-order chi connectivity index (χ1) is 29.3. The van der Waals surface area contributed by atoms with Gasteiger partial charge in [0.05, 0.1) is 15.1 Å². The fraction of sp³-hybridized carbons (Fsp3) is 0.0222. The number of furan rings is 2. The molecule has 0 fully saturated rings. The second kappa shape index (κ2) is 11.5. The molecule has 0 saturated carbocycles. The molecule has 50 heavy (non-hydrogen) atoms. The molecule has 2 aromatic heterocycles. The zero-order valence-corrected chi connectivity index (χ0v) is 26.0. The average molecular weight is 655 g/mol. The van der Waals surface area contributed by atoms with E-state index in [-0.39, 0.29) is 38.6 Å². The van der Waals surface area contributed by atoms with Gasteiger partial charge in [-0.3, -0.25) is 0 Å². The van der Waals surface area contributed by atoms with Crippen molar-refractivity contribution in [3.05, 3.63) is 180 Å². The van der Waals surface area contributed by atoms with Crippen LogP contribution in [-0.2, 0) is 0 Å². The summed E-state index contributed by atoms with van der Waals surface area (Å²) in [5.74, 6) is 0.632. The number of aliphatic imine (C=N–C) groups is 2. The topological polar surface area (TPSA) is 63.0 Å². The Morgan fingerprint density at radius 3 is 2.08 bits per heavy atom. The van der Waals surface area contributed by atoms with Crippen LogP contribution in [0.3, 0.4) is 0 Å². The van der Waals surface area contributed by atoms with Gasteiger partial charge < -0.3 is 14.2 Å². The molecule has 9 aromatic rings. The second-order valence-corrected chi connectivity index (χ2v) is 11.8. The second-order valence-electron chi connectivity index (χ2n) is 11.8. The predicted molar refractivity (Wildman–Crippen MR) is 204 cm³/mol. The molecule has 0 radical (unpaired) electrons. The molecule has 5 heteroatoms. The van der Waals surface area contributed by atoms with E-state index < -0.39 is 72.6 Å². The van der Waals surface area contributed by atoms with Gasteiger partial charge in [0.1, 0.15) is 34.0 Å². The molecule has 3 heterocycles. The number of amidine groups is 2. The summed E-state index contributed by atoms with van der Waals surface area (Å²) in [6, 6.07) is 24.2. The molecule has 0 aliphatic carbocycles. The maximum absolute atomic E-state index is 9.69. The molecule has 1 atom stereocenters. The third-order valence-electron chi connectivity index (χ3n) is 8.76.